The molecule has 6 heteroatoms. The number of likely N-dealkylation sites (tertiary alicyclic amines) is 1. The van der Waals surface area contributed by atoms with E-state index in [1.165, 1.54) is 22.2 Å². The van der Waals surface area contributed by atoms with E-state index in [9.17, 15) is 4.79 Å². The molecule has 1 amide bonds. The van der Waals surface area contributed by atoms with Crippen molar-refractivity contribution in [3.8, 4) is 11.1 Å². The lowest BCUT2D eigenvalue weighted by atomic mass is 9.89. The van der Waals surface area contributed by atoms with Crippen LogP contribution in [0.5, 0.6) is 0 Å². The molecule has 5 rings (SSSR count). The van der Waals surface area contributed by atoms with Crippen LogP contribution in [0.4, 0.5) is 0 Å². The molecule has 1 saturated heterocycles. The summed E-state index contributed by atoms with van der Waals surface area (Å²) in [6.45, 7) is 6.24. The number of aromatic nitrogens is 4. The van der Waals surface area contributed by atoms with Gasteiger partial charge in [0.15, 0.2) is 0 Å². The van der Waals surface area contributed by atoms with Crippen LogP contribution in [0.25, 0.3) is 22.0 Å². The van der Waals surface area contributed by atoms with Crippen LogP contribution in [0, 0.1) is 13.8 Å². The molecular weight excluding hydrogens is 398 g/mol. The SMILES string of the molecule is Cc1cc(C)n(CCC(=O)N2CCC[C@@H](c3[nH]c4ccccc4c3-c3ccncc3)C2)n1. The van der Waals surface area contributed by atoms with E-state index >= 15 is 0 Å². The number of benzene rings is 1. The summed E-state index contributed by atoms with van der Waals surface area (Å²) in [5, 5.41) is 5.72. The predicted molar refractivity (Wildman–Crippen MR) is 126 cm³/mol. The molecule has 4 heterocycles. The molecule has 0 aliphatic carbocycles. The van der Waals surface area contributed by atoms with Crippen LogP contribution >= 0.6 is 0 Å². The Kier molecular flexibility index (Phi) is 5.52. The first-order chi connectivity index (χ1) is 15.6. The zero-order valence-electron chi connectivity index (χ0n) is 18.7. The van der Waals surface area contributed by atoms with E-state index in [1.54, 1.807) is 0 Å². The highest BCUT2D eigenvalue weighted by Gasteiger charge is 2.28. The summed E-state index contributed by atoms with van der Waals surface area (Å²) < 4.78 is 1.94. The highest BCUT2D eigenvalue weighted by Crippen LogP contribution is 2.39. The Bertz CT molecular complexity index is 1240. The largest absolute Gasteiger partial charge is 0.358 e. The Hall–Kier alpha value is -3.41. The third-order valence-corrected chi connectivity index (χ3v) is 6.53. The van der Waals surface area contributed by atoms with Gasteiger partial charge in [0, 0.05) is 72.2 Å². The van der Waals surface area contributed by atoms with E-state index in [0.29, 0.717) is 13.0 Å². The van der Waals surface area contributed by atoms with Gasteiger partial charge in [0.05, 0.1) is 5.69 Å². The Morgan fingerprint density at radius 1 is 1.16 bits per heavy atom. The average Bonchev–Trinajstić information content (AvgIpc) is 3.37. The molecule has 3 aromatic heterocycles. The summed E-state index contributed by atoms with van der Waals surface area (Å²) in [7, 11) is 0. The minimum atomic E-state index is 0.212. The van der Waals surface area contributed by atoms with Crippen molar-refractivity contribution in [3.05, 3.63) is 71.9 Å². The van der Waals surface area contributed by atoms with Crippen LogP contribution in [0.2, 0.25) is 0 Å². The van der Waals surface area contributed by atoms with Crippen LogP contribution in [0.3, 0.4) is 0 Å². The van der Waals surface area contributed by atoms with E-state index in [0.717, 1.165) is 42.8 Å². The van der Waals surface area contributed by atoms with Crippen molar-refractivity contribution in [2.45, 2.75) is 45.6 Å². The molecule has 1 aromatic carbocycles. The number of aromatic amines is 1. The number of nitrogens with one attached hydrogen (secondary N) is 1. The maximum atomic E-state index is 13.1. The normalized spacial score (nSPS) is 16.6. The van der Waals surface area contributed by atoms with Gasteiger partial charge in [0.25, 0.3) is 0 Å². The predicted octanol–water partition coefficient (Wildman–Crippen LogP) is 4.84. The lowest BCUT2D eigenvalue weighted by Gasteiger charge is -2.33. The summed E-state index contributed by atoms with van der Waals surface area (Å²) in [5.74, 6) is 0.501. The third-order valence-electron chi connectivity index (χ3n) is 6.53. The third kappa shape index (κ3) is 3.93. The second-order valence-electron chi connectivity index (χ2n) is 8.77. The Labute approximate surface area is 188 Å². The van der Waals surface area contributed by atoms with Gasteiger partial charge in [0.1, 0.15) is 0 Å². The lowest BCUT2D eigenvalue weighted by Crippen LogP contribution is -2.39. The van der Waals surface area contributed by atoms with Crippen molar-refractivity contribution in [1.29, 1.82) is 0 Å². The van der Waals surface area contributed by atoms with Crippen LogP contribution in [-0.4, -0.2) is 43.6 Å². The van der Waals surface area contributed by atoms with Gasteiger partial charge in [-0.25, -0.2) is 0 Å². The molecule has 164 valence electrons. The maximum Gasteiger partial charge on any atom is 0.224 e. The van der Waals surface area contributed by atoms with Crippen LogP contribution in [-0.2, 0) is 11.3 Å². The van der Waals surface area contributed by atoms with E-state index in [1.807, 2.05) is 35.8 Å². The molecule has 1 fully saturated rings. The van der Waals surface area contributed by atoms with Gasteiger partial charge in [-0.1, -0.05) is 18.2 Å². The summed E-state index contributed by atoms with van der Waals surface area (Å²) >= 11 is 0. The van der Waals surface area contributed by atoms with Crippen molar-refractivity contribution in [2.24, 2.45) is 0 Å². The number of para-hydroxylation sites is 1. The van der Waals surface area contributed by atoms with Gasteiger partial charge < -0.3 is 9.88 Å². The highest BCUT2D eigenvalue weighted by molar-refractivity contribution is 5.97. The number of hydrogen-bond acceptors (Lipinski definition) is 3. The zero-order valence-corrected chi connectivity index (χ0v) is 18.7. The first-order valence-electron chi connectivity index (χ1n) is 11.4. The van der Waals surface area contributed by atoms with Crippen molar-refractivity contribution < 1.29 is 4.79 Å². The number of pyridine rings is 1. The van der Waals surface area contributed by atoms with E-state index in [2.05, 4.69) is 57.5 Å². The molecule has 4 aromatic rings. The smallest absolute Gasteiger partial charge is 0.224 e. The van der Waals surface area contributed by atoms with Crippen LogP contribution in [0.1, 0.15) is 42.3 Å². The summed E-state index contributed by atoms with van der Waals surface area (Å²) in [4.78, 5) is 23.0. The number of hydrogen-bond donors (Lipinski definition) is 1. The molecular formula is C26H29N5O. The molecule has 0 unspecified atom stereocenters. The van der Waals surface area contributed by atoms with E-state index < -0.39 is 0 Å². The Morgan fingerprint density at radius 3 is 2.75 bits per heavy atom. The summed E-state index contributed by atoms with van der Waals surface area (Å²) in [6, 6.07) is 14.6. The summed E-state index contributed by atoms with van der Waals surface area (Å²) in [6.07, 6.45) is 6.26. The van der Waals surface area contributed by atoms with Crippen LogP contribution in [0.15, 0.2) is 54.9 Å². The minimum Gasteiger partial charge on any atom is -0.358 e. The molecule has 0 bridgehead atoms. The number of amides is 1. The second kappa shape index (κ2) is 8.61. The van der Waals surface area contributed by atoms with E-state index in [-0.39, 0.29) is 11.8 Å². The maximum absolute atomic E-state index is 13.1. The lowest BCUT2D eigenvalue weighted by molar-refractivity contribution is -0.132. The van der Waals surface area contributed by atoms with Gasteiger partial charge >= 0.3 is 0 Å². The number of aryl methyl sites for hydroxylation is 3. The Balaban J connectivity index is 1.39. The zero-order chi connectivity index (χ0) is 22.1. The molecule has 0 saturated carbocycles. The van der Waals surface area contributed by atoms with Gasteiger partial charge in [-0.2, -0.15) is 5.10 Å². The fourth-order valence-corrected chi connectivity index (χ4v) is 5.00. The molecule has 1 atom stereocenters. The van der Waals surface area contributed by atoms with Gasteiger partial charge in [-0.05, 0) is 56.5 Å². The number of carbonyl (C=O) groups excluding carboxylic acids is 1. The number of piperidine rings is 1. The van der Waals surface area contributed by atoms with Gasteiger partial charge in [-0.3, -0.25) is 14.5 Å². The highest BCUT2D eigenvalue weighted by atomic mass is 16.2. The van der Waals surface area contributed by atoms with Crippen molar-refractivity contribution in [2.75, 3.05) is 13.1 Å². The van der Waals surface area contributed by atoms with Gasteiger partial charge in [-0.15, -0.1) is 0 Å². The van der Waals surface area contributed by atoms with Gasteiger partial charge in [0.2, 0.25) is 5.91 Å². The first kappa shape index (κ1) is 20.5. The molecule has 0 radical (unpaired) electrons. The van der Waals surface area contributed by atoms with Crippen LogP contribution < -0.4 is 0 Å². The van der Waals surface area contributed by atoms with E-state index in [4.69, 9.17) is 0 Å². The van der Waals surface area contributed by atoms with Crippen molar-refractivity contribution >= 4 is 16.8 Å². The monoisotopic (exact) mass is 427 g/mol. The standard InChI is InChI=1S/C26H29N5O/c1-18-16-19(2)31(29-18)15-11-24(32)30-14-5-6-21(17-30)26-25(20-9-12-27-13-10-20)22-7-3-4-8-23(22)28-26/h3-4,7-10,12-13,16,21,28H,5-6,11,14-15,17H2,1-2H3/t21-/m1/s1. The molecule has 1 aliphatic rings. The number of carbonyl (C=O) groups is 1. The number of nitrogens with zero attached hydrogens (tertiary/aromatic N) is 4. The molecule has 1 aliphatic heterocycles. The minimum absolute atomic E-state index is 0.212. The first-order valence-corrected chi connectivity index (χ1v) is 11.4. The topological polar surface area (TPSA) is 66.8 Å². The van der Waals surface area contributed by atoms with Crippen molar-refractivity contribution in [3.63, 3.8) is 0 Å². The molecule has 0 spiro atoms. The fraction of sp³-hybridized carbons (Fsp3) is 0.346. The number of rotatable bonds is 5. The Morgan fingerprint density at radius 2 is 1.97 bits per heavy atom. The molecule has 1 N–H and O–H groups in total. The number of H-pyrrole nitrogens is 1. The quantitative estimate of drug-likeness (QED) is 0.496. The van der Waals surface area contributed by atoms with Crippen molar-refractivity contribution in [1.82, 2.24) is 24.6 Å². The number of fused-ring (bicyclic) bond motifs is 1. The molecule has 6 nitrogen and oxygen atoms in total. The average molecular weight is 428 g/mol. The fourth-order valence-electron chi connectivity index (χ4n) is 5.00. The summed E-state index contributed by atoms with van der Waals surface area (Å²) in [5.41, 5.74) is 6.88. The second-order valence-corrected chi connectivity index (χ2v) is 8.77. The molecule has 32 heavy (non-hydrogen) atoms.